The summed E-state index contributed by atoms with van der Waals surface area (Å²) in [6.45, 7) is 9.10. The molecule has 0 aromatic heterocycles. The summed E-state index contributed by atoms with van der Waals surface area (Å²) in [5, 5.41) is 0. The molecule has 0 fully saturated rings. The van der Waals surface area contributed by atoms with Gasteiger partial charge in [0, 0.05) is 8.99 Å². The Kier molecular flexibility index (Phi) is 4.34. The third-order valence-electron chi connectivity index (χ3n) is 4.25. The van der Waals surface area contributed by atoms with Gasteiger partial charge in [0.15, 0.2) is 0 Å². The topological polar surface area (TPSA) is 0 Å². The van der Waals surface area contributed by atoms with Crippen LogP contribution in [0.1, 0.15) is 37.5 Å². The molecule has 0 nitrogen and oxygen atoms in total. The summed E-state index contributed by atoms with van der Waals surface area (Å²) in [4.78, 5) is 0. The molecule has 0 heterocycles. The molecule has 0 saturated heterocycles. The Bertz CT molecular complexity index is 489. The van der Waals surface area contributed by atoms with Gasteiger partial charge in [-0.1, -0.05) is 62.7 Å². The van der Waals surface area contributed by atoms with Crippen molar-refractivity contribution in [1.29, 1.82) is 0 Å². The maximum Gasteiger partial charge on any atom is 0.0197 e. The lowest BCUT2D eigenvalue weighted by Crippen LogP contribution is -2.30. The van der Waals surface area contributed by atoms with Crippen molar-refractivity contribution in [3.05, 3.63) is 68.8 Å². The van der Waals surface area contributed by atoms with Crippen molar-refractivity contribution in [3.8, 4) is 0 Å². The van der Waals surface area contributed by atoms with Crippen LogP contribution >= 0.6 is 22.6 Å². The zero-order chi connectivity index (χ0) is 14.0. The fourth-order valence-electron chi connectivity index (χ4n) is 2.53. The minimum Gasteiger partial charge on any atom is -0.0616 e. The second-order valence-corrected chi connectivity index (χ2v) is 6.98. The van der Waals surface area contributed by atoms with Crippen molar-refractivity contribution in [1.82, 2.24) is 0 Å². The van der Waals surface area contributed by atoms with E-state index in [0.29, 0.717) is 5.92 Å². The van der Waals surface area contributed by atoms with Crippen LogP contribution in [0.4, 0.5) is 0 Å². The summed E-state index contributed by atoms with van der Waals surface area (Å²) in [6, 6.07) is 17.9. The van der Waals surface area contributed by atoms with Gasteiger partial charge in [-0.25, -0.2) is 0 Å². The van der Waals surface area contributed by atoms with Crippen LogP contribution < -0.4 is 0 Å². The second-order valence-electron chi connectivity index (χ2n) is 5.73. The Morgan fingerprint density at radius 2 is 1.26 bits per heavy atom. The maximum absolute atomic E-state index is 2.36. The van der Waals surface area contributed by atoms with E-state index >= 15 is 0 Å². The highest BCUT2D eigenvalue weighted by Gasteiger charge is 2.32. The van der Waals surface area contributed by atoms with Gasteiger partial charge < -0.3 is 0 Å². The van der Waals surface area contributed by atoms with Crippen LogP contribution in [-0.4, -0.2) is 0 Å². The van der Waals surface area contributed by atoms with Crippen LogP contribution in [0.15, 0.2) is 48.5 Å². The molecule has 100 valence electrons. The first-order valence-electron chi connectivity index (χ1n) is 6.78. The number of aryl methyl sites for hydroxylation is 1. The highest BCUT2D eigenvalue weighted by atomic mass is 127. The minimum absolute atomic E-state index is 0.0675. The van der Waals surface area contributed by atoms with E-state index in [1.165, 1.54) is 20.3 Å². The summed E-state index contributed by atoms with van der Waals surface area (Å²) < 4.78 is 1.29. The Hall–Kier alpha value is -0.830. The van der Waals surface area contributed by atoms with Crippen LogP contribution in [0, 0.1) is 16.4 Å². The molecule has 0 bridgehead atoms. The van der Waals surface area contributed by atoms with Gasteiger partial charge in [-0.3, -0.25) is 0 Å². The van der Waals surface area contributed by atoms with E-state index in [1.807, 2.05) is 0 Å². The SMILES string of the molecule is Cc1ccc(C(C)(c2ccc(I)cc2)C(C)C)cc1. The molecule has 19 heavy (non-hydrogen) atoms. The normalized spacial score (nSPS) is 14.4. The first-order valence-corrected chi connectivity index (χ1v) is 7.85. The van der Waals surface area contributed by atoms with Crippen LogP contribution in [0.2, 0.25) is 0 Å². The average molecular weight is 364 g/mol. The van der Waals surface area contributed by atoms with E-state index < -0.39 is 0 Å². The highest BCUT2D eigenvalue weighted by Crippen LogP contribution is 2.39. The molecule has 1 unspecified atom stereocenters. The van der Waals surface area contributed by atoms with Gasteiger partial charge >= 0.3 is 0 Å². The Morgan fingerprint density at radius 3 is 1.68 bits per heavy atom. The summed E-state index contributed by atoms with van der Waals surface area (Å²) in [5.41, 5.74) is 4.18. The van der Waals surface area contributed by atoms with E-state index in [0.717, 1.165) is 0 Å². The van der Waals surface area contributed by atoms with E-state index in [4.69, 9.17) is 0 Å². The Labute approximate surface area is 130 Å². The molecule has 0 aliphatic rings. The molecule has 1 heteroatoms. The first kappa shape index (κ1) is 14.6. The number of hydrogen-bond acceptors (Lipinski definition) is 0. The predicted octanol–water partition coefficient (Wildman–Crippen LogP) is 5.56. The minimum atomic E-state index is 0.0675. The molecule has 0 saturated carbocycles. The van der Waals surface area contributed by atoms with Gasteiger partial charge in [0.05, 0.1) is 0 Å². The maximum atomic E-state index is 2.36. The molecule has 0 aliphatic carbocycles. The van der Waals surface area contributed by atoms with Gasteiger partial charge in [-0.15, -0.1) is 0 Å². The lowest BCUT2D eigenvalue weighted by Gasteiger charge is -2.35. The molecular formula is C18H21I. The lowest BCUT2D eigenvalue weighted by atomic mass is 9.68. The molecular weight excluding hydrogens is 343 g/mol. The standard InChI is InChI=1S/C18H21I/c1-13(2)18(4,15-7-5-14(3)6-8-15)16-9-11-17(19)12-10-16/h5-13H,1-4H3. The van der Waals surface area contributed by atoms with Crippen molar-refractivity contribution in [3.63, 3.8) is 0 Å². The van der Waals surface area contributed by atoms with Crippen molar-refractivity contribution >= 4 is 22.6 Å². The third-order valence-corrected chi connectivity index (χ3v) is 4.97. The molecule has 0 N–H and O–H groups in total. The Balaban J connectivity index is 2.54. The average Bonchev–Trinajstić information content (AvgIpc) is 2.39. The van der Waals surface area contributed by atoms with Crippen LogP contribution in [-0.2, 0) is 5.41 Å². The first-order chi connectivity index (χ1) is 8.94. The quantitative estimate of drug-likeness (QED) is 0.626. The van der Waals surface area contributed by atoms with E-state index in [9.17, 15) is 0 Å². The molecule has 0 aliphatic heterocycles. The molecule has 2 aromatic carbocycles. The predicted molar refractivity (Wildman–Crippen MR) is 91.6 cm³/mol. The van der Waals surface area contributed by atoms with Gasteiger partial charge in [0.1, 0.15) is 0 Å². The summed E-state index contributed by atoms with van der Waals surface area (Å²) in [6.07, 6.45) is 0. The zero-order valence-electron chi connectivity index (χ0n) is 12.1. The molecule has 0 radical (unpaired) electrons. The largest absolute Gasteiger partial charge is 0.0616 e. The van der Waals surface area contributed by atoms with Crippen LogP contribution in [0.5, 0.6) is 0 Å². The van der Waals surface area contributed by atoms with E-state index in [1.54, 1.807) is 0 Å². The van der Waals surface area contributed by atoms with Crippen molar-refractivity contribution in [2.75, 3.05) is 0 Å². The van der Waals surface area contributed by atoms with E-state index in [2.05, 4.69) is 98.8 Å². The van der Waals surface area contributed by atoms with Crippen LogP contribution in [0.25, 0.3) is 0 Å². The summed E-state index contributed by atoms with van der Waals surface area (Å²) >= 11 is 2.36. The zero-order valence-corrected chi connectivity index (χ0v) is 14.2. The van der Waals surface area contributed by atoms with Crippen molar-refractivity contribution < 1.29 is 0 Å². The monoisotopic (exact) mass is 364 g/mol. The van der Waals surface area contributed by atoms with Gasteiger partial charge in [-0.2, -0.15) is 0 Å². The lowest BCUT2D eigenvalue weighted by molar-refractivity contribution is 0.405. The highest BCUT2D eigenvalue weighted by molar-refractivity contribution is 14.1. The molecule has 0 spiro atoms. The van der Waals surface area contributed by atoms with Crippen LogP contribution in [0.3, 0.4) is 0 Å². The van der Waals surface area contributed by atoms with Gasteiger partial charge in [0.25, 0.3) is 0 Å². The van der Waals surface area contributed by atoms with E-state index in [-0.39, 0.29) is 5.41 Å². The third kappa shape index (κ3) is 2.86. The number of hydrogen-bond donors (Lipinski definition) is 0. The molecule has 1 atom stereocenters. The molecule has 0 amide bonds. The summed E-state index contributed by atoms with van der Waals surface area (Å²) in [5.74, 6) is 0.551. The van der Waals surface area contributed by atoms with Crippen molar-refractivity contribution in [2.45, 2.75) is 33.1 Å². The number of rotatable bonds is 3. The number of halogens is 1. The molecule has 2 aromatic rings. The van der Waals surface area contributed by atoms with Gasteiger partial charge in [0.2, 0.25) is 0 Å². The fourth-order valence-corrected chi connectivity index (χ4v) is 2.89. The smallest absolute Gasteiger partial charge is 0.0197 e. The fraction of sp³-hybridized carbons (Fsp3) is 0.333. The number of benzene rings is 2. The Morgan fingerprint density at radius 1 is 0.842 bits per heavy atom. The van der Waals surface area contributed by atoms with Crippen molar-refractivity contribution in [2.24, 2.45) is 5.92 Å². The molecule has 2 rings (SSSR count). The summed E-state index contributed by atoms with van der Waals surface area (Å²) in [7, 11) is 0. The second kappa shape index (κ2) is 5.66. The van der Waals surface area contributed by atoms with Gasteiger partial charge in [-0.05, 0) is 58.7 Å².